The Morgan fingerprint density at radius 3 is 2.79 bits per heavy atom. The van der Waals surface area contributed by atoms with Gasteiger partial charge in [-0.15, -0.1) is 0 Å². The Labute approximate surface area is 164 Å². The number of amides is 1. The third-order valence-corrected chi connectivity index (χ3v) is 5.58. The molecule has 2 aliphatic rings. The van der Waals surface area contributed by atoms with Gasteiger partial charge in [0.05, 0.1) is 7.11 Å². The number of piperidine rings is 1. The van der Waals surface area contributed by atoms with Crippen LogP contribution in [0.5, 0.6) is 11.5 Å². The molecule has 2 atom stereocenters. The van der Waals surface area contributed by atoms with Gasteiger partial charge in [0.1, 0.15) is 12.4 Å². The van der Waals surface area contributed by atoms with Gasteiger partial charge in [-0.3, -0.25) is 9.69 Å². The predicted molar refractivity (Wildman–Crippen MR) is 104 cm³/mol. The number of carbonyl (C=O) groups is 1. The van der Waals surface area contributed by atoms with Gasteiger partial charge in [0.25, 0.3) is 0 Å². The van der Waals surface area contributed by atoms with Gasteiger partial charge in [-0.2, -0.15) is 0 Å². The van der Waals surface area contributed by atoms with Gasteiger partial charge in [0.15, 0.2) is 11.5 Å². The summed E-state index contributed by atoms with van der Waals surface area (Å²) in [4.78, 5) is 14.0. The van der Waals surface area contributed by atoms with E-state index in [9.17, 15) is 9.18 Å². The van der Waals surface area contributed by atoms with Crippen molar-refractivity contribution in [1.29, 1.82) is 0 Å². The van der Waals surface area contributed by atoms with E-state index in [1.807, 2.05) is 24.3 Å². The highest BCUT2D eigenvalue weighted by atomic mass is 19.1. The summed E-state index contributed by atoms with van der Waals surface area (Å²) in [5.74, 6) is 2.22. The highest BCUT2D eigenvalue weighted by Crippen LogP contribution is 2.32. The van der Waals surface area contributed by atoms with Crippen molar-refractivity contribution in [2.45, 2.75) is 19.6 Å². The second-order valence-corrected chi connectivity index (χ2v) is 7.63. The summed E-state index contributed by atoms with van der Waals surface area (Å²) in [7, 11) is 1.62. The van der Waals surface area contributed by atoms with E-state index >= 15 is 0 Å². The molecule has 1 N–H and O–H groups in total. The minimum absolute atomic E-state index is 0.171. The number of benzene rings is 2. The SMILES string of the molecule is COc1cc(CN2C[C@H]3CC(=O)NC[C@H]3C2)ccc1OCc1cccc(F)c1. The summed E-state index contributed by atoms with van der Waals surface area (Å²) in [5, 5.41) is 2.97. The number of methoxy groups -OCH3 is 1. The molecule has 5 nitrogen and oxygen atoms in total. The van der Waals surface area contributed by atoms with Crippen LogP contribution in [0, 0.1) is 17.7 Å². The predicted octanol–water partition coefficient (Wildman–Crippen LogP) is 2.98. The maximum atomic E-state index is 13.3. The molecule has 0 bridgehead atoms. The van der Waals surface area contributed by atoms with Crippen molar-refractivity contribution in [2.24, 2.45) is 11.8 Å². The number of hydrogen-bond donors (Lipinski definition) is 1. The van der Waals surface area contributed by atoms with Crippen molar-refractivity contribution in [2.75, 3.05) is 26.7 Å². The lowest BCUT2D eigenvalue weighted by Crippen LogP contribution is -2.39. The first-order valence-corrected chi connectivity index (χ1v) is 9.64. The monoisotopic (exact) mass is 384 g/mol. The van der Waals surface area contributed by atoms with Crippen molar-refractivity contribution < 1.29 is 18.7 Å². The lowest BCUT2D eigenvalue weighted by Gasteiger charge is -2.23. The highest BCUT2D eigenvalue weighted by Gasteiger charge is 2.36. The highest BCUT2D eigenvalue weighted by molar-refractivity contribution is 5.77. The Balaban J connectivity index is 1.39. The average molecular weight is 384 g/mol. The Morgan fingerprint density at radius 2 is 1.96 bits per heavy atom. The summed E-state index contributed by atoms with van der Waals surface area (Å²) in [5.41, 5.74) is 1.92. The summed E-state index contributed by atoms with van der Waals surface area (Å²) in [6.45, 7) is 3.85. The molecule has 2 aromatic rings. The van der Waals surface area contributed by atoms with E-state index in [1.165, 1.54) is 12.1 Å². The zero-order valence-electron chi connectivity index (χ0n) is 16.0. The van der Waals surface area contributed by atoms with Gasteiger partial charge >= 0.3 is 0 Å². The second kappa shape index (κ2) is 8.19. The number of carbonyl (C=O) groups excluding carboxylic acids is 1. The summed E-state index contributed by atoms with van der Waals surface area (Å²) in [6.07, 6.45) is 0.636. The molecular weight excluding hydrogens is 359 g/mol. The minimum Gasteiger partial charge on any atom is -0.493 e. The van der Waals surface area contributed by atoms with E-state index in [0.29, 0.717) is 29.8 Å². The van der Waals surface area contributed by atoms with E-state index in [1.54, 1.807) is 13.2 Å². The van der Waals surface area contributed by atoms with Crippen LogP contribution in [0.3, 0.4) is 0 Å². The Morgan fingerprint density at radius 1 is 1.11 bits per heavy atom. The van der Waals surface area contributed by atoms with Crippen LogP contribution in [0.25, 0.3) is 0 Å². The Bertz CT molecular complexity index is 857. The van der Waals surface area contributed by atoms with Crippen molar-refractivity contribution in [3.63, 3.8) is 0 Å². The van der Waals surface area contributed by atoms with Crippen molar-refractivity contribution in [1.82, 2.24) is 10.2 Å². The van der Waals surface area contributed by atoms with Crippen LogP contribution in [0.4, 0.5) is 4.39 Å². The van der Waals surface area contributed by atoms with E-state index < -0.39 is 0 Å². The zero-order valence-corrected chi connectivity index (χ0v) is 16.0. The van der Waals surface area contributed by atoms with Gasteiger partial charge in [-0.25, -0.2) is 4.39 Å². The van der Waals surface area contributed by atoms with Gasteiger partial charge < -0.3 is 14.8 Å². The van der Waals surface area contributed by atoms with Crippen LogP contribution in [0.2, 0.25) is 0 Å². The number of fused-ring (bicyclic) bond motifs is 1. The zero-order chi connectivity index (χ0) is 19.5. The normalized spacial score (nSPS) is 21.9. The van der Waals surface area contributed by atoms with E-state index in [2.05, 4.69) is 10.2 Å². The standard InChI is InChI=1S/C22H25FN2O3/c1-27-21-8-15(11-25-12-17-9-22(26)24-10-18(17)13-25)5-6-20(21)28-14-16-3-2-4-19(23)7-16/h2-8,17-18H,9-14H2,1H3,(H,24,26)/t17-,18+/m1/s1. The van der Waals surface area contributed by atoms with Crippen molar-refractivity contribution >= 4 is 5.91 Å². The van der Waals surface area contributed by atoms with E-state index in [-0.39, 0.29) is 18.3 Å². The molecule has 4 rings (SSSR count). The molecule has 2 heterocycles. The second-order valence-electron chi connectivity index (χ2n) is 7.63. The number of nitrogens with one attached hydrogen (secondary N) is 1. The molecule has 148 valence electrons. The molecule has 2 aliphatic heterocycles. The molecule has 0 aliphatic carbocycles. The fourth-order valence-electron chi connectivity index (χ4n) is 4.16. The van der Waals surface area contributed by atoms with Crippen LogP contribution in [-0.4, -0.2) is 37.6 Å². The number of ether oxygens (including phenoxy) is 2. The first kappa shape index (κ1) is 18.7. The molecule has 1 amide bonds. The largest absolute Gasteiger partial charge is 0.493 e. The molecule has 2 fully saturated rings. The average Bonchev–Trinajstić information content (AvgIpc) is 3.08. The first-order valence-electron chi connectivity index (χ1n) is 9.64. The van der Waals surface area contributed by atoms with Gasteiger partial charge in [0, 0.05) is 32.6 Å². The van der Waals surface area contributed by atoms with E-state index in [4.69, 9.17) is 9.47 Å². The number of nitrogens with zero attached hydrogens (tertiary/aromatic N) is 1. The maximum absolute atomic E-state index is 13.3. The first-order chi connectivity index (χ1) is 13.6. The number of hydrogen-bond acceptors (Lipinski definition) is 4. The number of halogens is 1. The lowest BCUT2D eigenvalue weighted by atomic mass is 9.89. The smallest absolute Gasteiger partial charge is 0.220 e. The van der Waals surface area contributed by atoms with Crippen LogP contribution in [-0.2, 0) is 17.9 Å². The number of rotatable bonds is 6. The molecule has 0 spiro atoms. The van der Waals surface area contributed by atoms with Gasteiger partial charge in [0.2, 0.25) is 5.91 Å². The van der Waals surface area contributed by atoms with Crippen LogP contribution in [0.15, 0.2) is 42.5 Å². The fraction of sp³-hybridized carbons (Fsp3) is 0.409. The topological polar surface area (TPSA) is 50.8 Å². The molecule has 6 heteroatoms. The van der Waals surface area contributed by atoms with Crippen LogP contribution >= 0.6 is 0 Å². The molecule has 0 unspecified atom stereocenters. The molecule has 0 radical (unpaired) electrons. The minimum atomic E-state index is -0.272. The fourth-order valence-corrected chi connectivity index (χ4v) is 4.16. The summed E-state index contributed by atoms with van der Waals surface area (Å²) >= 11 is 0. The van der Waals surface area contributed by atoms with Gasteiger partial charge in [-0.1, -0.05) is 18.2 Å². The molecule has 0 saturated carbocycles. The van der Waals surface area contributed by atoms with Crippen LogP contribution < -0.4 is 14.8 Å². The molecule has 0 aromatic heterocycles. The Kier molecular flexibility index (Phi) is 5.48. The maximum Gasteiger partial charge on any atom is 0.220 e. The third-order valence-electron chi connectivity index (χ3n) is 5.58. The molecule has 2 saturated heterocycles. The van der Waals surface area contributed by atoms with Crippen molar-refractivity contribution in [3.05, 3.63) is 59.4 Å². The van der Waals surface area contributed by atoms with E-state index in [0.717, 1.165) is 37.3 Å². The summed E-state index contributed by atoms with van der Waals surface area (Å²) < 4.78 is 24.6. The third kappa shape index (κ3) is 4.28. The van der Waals surface area contributed by atoms with Crippen LogP contribution in [0.1, 0.15) is 17.5 Å². The molecule has 2 aromatic carbocycles. The Hall–Kier alpha value is -2.60. The van der Waals surface area contributed by atoms with Gasteiger partial charge in [-0.05, 0) is 47.2 Å². The number of likely N-dealkylation sites (tertiary alicyclic amines) is 1. The molecular formula is C22H25FN2O3. The van der Waals surface area contributed by atoms with Crippen molar-refractivity contribution in [3.8, 4) is 11.5 Å². The summed E-state index contributed by atoms with van der Waals surface area (Å²) in [6, 6.07) is 12.3. The molecule has 28 heavy (non-hydrogen) atoms. The lowest BCUT2D eigenvalue weighted by molar-refractivity contribution is -0.124. The quantitative estimate of drug-likeness (QED) is 0.832.